The SMILES string of the molecule is CCCC(C)Cn1cc(C(OCC)OCC)nn1. The van der Waals surface area contributed by atoms with E-state index in [1.807, 2.05) is 24.7 Å². The third-order valence-corrected chi connectivity index (χ3v) is 2.71. The molecule has 0 fully saturated rings. The summed E-state index contributed by atoms with van der Waals surface area (Å²) in [4.78, 5) is 0. The quantitative estimate of drug-likeness (QED) is 0.637. The van der Waals surface area contributed by atoms with E-state index in [9.17, 15) is 0 Å². The van der Waals surface area contributed by atoms with Crippen LogP contribution in [0.3, 0.4) is 0 Å². The lowest BCUT2D eigenvalue weighted by Crippen LogP contribution is -2.09. The highest BCUT2D eigenvalue weighted by atomic mass is 16.7. The molecule has 0 bridgehead atoms. The van der Waals surface area contributed by atoms with Gasteiger partial charge < -0.3 is 9.47 Å². The molecule has 0 saturated carbocycles. The van der Waals surface area contributed by atoms with Crippen LogP contribution >= 0.6 is 0 Å². The molecule has 0 aromatic carbocycles. The van der Waals surface area contributed by atoms with Crippen molar-refractivity contribution in [3.8, 4) is 0 Å². The summed E-state index contributed by atoms with van der Waals surface area (Å²) in [5, 5.41) is 8.26. The van der Waals surface area contributed by atoms with Crippen LogP contribution < -0.4 is 0 Å². The van der Waals surface area contributed by atoms with Gasteiger partial charge in [0.1, 0.15) is 5.69 Å². The molecule has 104 valence electrons. The maximum absolute atomic E-state index is 5.50. The van der Waals surface area contributed by atoms with Crippen LogP contribution in [-0.4, -0.2) is 28.2 Å². The molecule has 18 heavy (non-hydrogen) atoms. The smallest absolute Gasteiger partial charge is 0.204 e. The standard InChI is InChI=1S/C13H25N3O2/c1-5-8-11(4)9-16-10-12(14-15-16)13(17-6-2)18-7-3/h10-11,13H,5-9H2,1-4H3. The topological polar surface area (TPSA) is 49.2 Å². The maximum Gasteiger partial charge on any atom is 0.204 e. The Labute approximate surface area is 109 Å². The summed E-state index contributed by atoms with van der Waals surface area (Å²) in [5.74, 6) is 0.613. The summed E-state index contributed by atoms with van der Waals surface area (Å²) >= 11 is 0. The molecule has 0 saturated heterocycles. The highest BCUT2D eigenvalue weighted by molar-refractivity contribution is 4.94. The summed E-state index contributed by atoms with van der Waals surface area (Å²) in [7, 11) is 0. The predicted octanol–water partition coefficient (Wildman–Crippen LogP) is 2.79. The van der Waals surface area contributed by atoms with Gasteiger partial charge in [0.05, 0.1) is 6.20 Å². The molecule has 1 heterocycles. The van der Waals surface area contributed by atoms with Crippen LogP contribution in [0.2, 0.25) is 0 Å². The van der Waals surface area contributed by atoms with Gasteiger partial charge >= 0.3 is 0 Å². The number of hydrogen-bond donors (Lipinski definition) is 0. The Balaban J connectivity index is 2.59. The molecular formula is C13H25N3O2. The van der Waals surface area contributed by atoms with E-state index >= 15 is 0 Å². The van der Waals surface area contributed by atoms with Gasteiger partial charge in [0.25, 0.3) is 0 Å². The highest BCUT2D eigenvalue weighted by Gasteiger charge is 2.16. The van der Waals surface area contributed by atoms with Crippen molar-refractivity contribution in [2.75, 3.05) is 13.2 Å². The van der Waals surface area contributed by atoms with E-state index in [1.54, 1.807) is 0 Å². The van der Waals surface area contributed by atoms with Crippen LogP contribution in [0, 0.1) is 5.92 Å². The lowest BCUT2D eigenvalue weighted by Gasteiger charge is -2.13. The Morgan fingerprint density at radius 3 is 2.44 bits per heavy atom. The van der Waals surface area contributed by atoms with Crippen molar-refractivity contribution in [1.82, 2.24) is 15.0 Å². The minimum absolute atomic E-state index is 0.393. The fourth-order valence-corrected chi connectivity index (χ4v) is 1.94. The van der Waals surface area contributed by atoms with Crippen LogP contribution in [0.25, 0.3) is 0 Å². The average molecular weight is 255 g/mol. The van der Waals surface area contributed by atoms with Crippen LogP contribution in [0.15, 0.2) is 6.20 Å². The summed E-state index contributed by atoms with van der Waals surface area (Å²) in [6, 6.07) is 0. The maximum atomic E-state index is 5.50. The van der Waals surface area contributed by atoms with E-state index in [0.29, 0.717) is 19.1 Å². The van der Waals surface area contributed by atoms with Crippen molar-refractivity contribution in [3.05, 3.63) is 11.9 Å². The molecule has 0 spiro atoms. The Morgan fingerprint density at radius 2 is 1.89 bits per heavy atom. The minimum Gasteiger partial charge on any atom is -0.347 e. The zero-order valence-electron chi connectivity index (χ0n) is 11.9. The van der Waals surface area contributed by atoms with Gasteiger partial charge in [-0.15, -0.1) is 5.10 Å². The van der Waals surface area contributed by atoms with Gasteiger partial charge in [-0.2, -0.15) is 0 Å². The molecule has 0 aliphatic carbocycles. The monoisotopic (exact) mass is 255 g/mol. The Bertz CT molecular complexity index is 322. The lowest BCUT2D eigenvalue weighted by atomic mass is 10.1. The van der Waals surface area contributed by atoms with Crippen LogP contribution in [0.4, 0.5) is 0 Å². The highest BCUT2D eigenvalue weighted by Crippen LogP contribution is 2.16. The largest absolute Gasteiger partial charge is 0.347 e. The first-order chi connectivity index (χ1) is 8.71. The zero-order chi connectivity index (χ0) is 13.4. The number of nitrogens with zero attached hydrogens (tertiary/aromatic N) is 3. The summed E-state index contributed by atoms with van der Waals surface area (Å²) in [5.41, 5.74) is 0.752. The number of aromatic nitrogens is 3. The second-order valence-electron chi connectivity index (χ2n) is 4.50. The average Bonchev–Trinajstić information content (AvgIpc) is 2.77. The molecule has 0 aliphatic rings. The number of ether oxygens (including phenoxy) is 2. The first kappa shape index (κ1) is 15.1. The third-order valence-electron chi connectivity index (χ3n) is 2.71. The number of hydrogen-bond acceptors (Lipinski definition) is 4. The van der Waals surface area contributed by atoms with Crippen molar-refractivity contribution in [1.29, 1.82) is 0 Å². The summed E-state index contributed by atoms with van der Waals surface area (Å²) in [6.07, 6.45) is 3.93. The van der Waals surface area contributed by atoms with E-state index in [-0.39, 0.29) is 0 Å². The molecule has 0 aliphatic heterocycles. The molecule has 0 radical (unpaired) electrons. The molecule has 1 rings (SSSR count). The van der Waals surface area contributed by atoms with E-state index in [1.165, 1.54) is 12.8 Å². The molecule has 0 N–H and O–H groups in total. The van der Waals surface area contributed by atoms with Crippen LogP contribution in [-0.2, 0) is 16.0 Å². The van der Waals surface area contributed by atoms with Crippen molar-refractivity contribution in [2.24, 2.45) is 5.92 Å². The molecule has 0 amide bonds. The molecule has 5 nitrogen and oxygen atoms in total. The Morgan fingerprint density at radius 1 is 1.22 bits per heavy atom. The minimum atomic E-state index is -0.393. The van der Waals surface area contributed by atoms with Crippen molar-refractivity contribution >= 4 is 0 Å². The number of rotatable bonds is 9. The van der Waals surface area contributed by atoms with Gasteiger partial charge in [0, 0.05) is 19.8 Å². The Kier molecular flexibility index (Phi) is 6.90. The van der Waals surface area contributed by atoms with Crippen LogP contribution in [0.1, 0.15) is 52.5 Å². The van der Waals surface area contributed by atoms with Gasteiger partial charge in [0.15, 0.2) is 0 Å². The van der Waals surface area contributed by atoms with Crippen molar-refractivity contribution in [3.63, 3.8) is 0 Å². The second kappa shape index (κ2) is 8.21. The van der Waals surface area contributed by atoms with Gasteiger partial charge in [-0.25, -0.2) is 0 Å². The fraction of sp³-hybridized carbons (Fsp3) is 0.846. The van der Waals surface area contributed by atoms with Crippen LogP contribution in [0.5, 0.6) is 0 Å². The van der Waals surface area contributed by atoms with E-state index in [2.05, 4.69) is 24.2 Å². The first-order valence-corrected chi connectivity index (χ1v) is 6.84. The van der Waals surface area contributed by atoms with Crippen molar-refractivity contribution in [2.45, 2.75) is 53.4 Å². The van der Waals surface area contributed by atoms with E-state index in [4.69, 9.17) is 9.47 Å². The lowest BCUT2D eigenvalue weighted by molar-refractivity contribution is -0.142. The van der Waals surface area contributed by atoms with Gasteiger partial charge in [-0.1, -0.05) is 25.5 Å². The zero-order valence-corrected chi connectivity index (χ0v) is 11.9. The summed E-state index contributed by atoms with van der Waals surface area (Å²) in [6.45, 7) is 10.4. The molecular weight excluding hydrogens is 230 g/mol. The molecule has 1 unspecified atom stereocenters. The Hall–Kier alpha value is -0.940. The predicted molar refractivity (Wildman–Crippen MR) is 70.1 cm³/mol. The fourth-order valence-electron chi connectivity index (χ4n) is 1.94. The molecule has 1 aromatic rings. The normalized spacial score (nSPS) is 13.2. The molecule has 1 aromatic heterocycles. The second-order valence-corrected chi connectivity index (χ2v) is 4.50. The van der Waals surface area contributed by atoms with E-state index < -0.39 is 6.29 Å². The molecule has 1 atom stereocenters. The van der Waals surface area contributed by atoms with Crippen molar-refractivity contribution < 1.29 is 9.47 Å². The first-order valence-electron chi connectivity index (χ1n) is 6.84. The van der Waals surface area contributed by atoms with Gasteiger partial charge in [-0.3, -0.25) is 4.68 Å². The van der Waals surface area contributed by atoms with E-state index in [0.717, 1.165) is 12.2 Å². The summed E-state index contributed by atoms with van der Waals surface area (Å²) < 4.78 is 12.9. The van der Waals surface area contributed by atoms with Gasteiger partial charge in [0.2, 0.25) is 6.29 Å². The molecule has 5 heteroatoms. The third kappa shape index (κ3) is 4.74. The van der Waals surface area contributed by atoms with Gasteiger partial charge in [-0.05, 0) is 26.2 Å².